The summed E-state index contributed by atoms with van der Waals surface area (Å²) in [6.45, 7) is 18.6. The lowest BCUT2D eigenvalue weighted by Crippen LogP contribution is -2.39. The summed E-state index contributed by atoms with van der Waals surface area (Å²) in [4.78, 5) is 0. The molecule has 0 fully saturated rings. The van der Waals surface area contributed by atoms with Crippen molar-refractivity contribution in [3.05, 3.63) is 12.3 Å². The van der Waals surface area contributed by atoms with Gasteiger partial charge in [0.2, 0.25) is 8.32 Å². The minimum atomic E-state index is -1.60. The molecule has 3 heteroatoms. The van der Waals surface area contributed by atoms with Crippen LogP contribution in [0.4, 0.5) is 0 Å². The fourth-order valence-corrected chi connectivity index (χ4v) is 5.63. The predicted octanol–water partition coefficient (Wildman–Crippen LogP) is 6.03. The molecule has 108 valence electrons. The number of hydrogen-bond acceptors (Lipinski definition) is 1. The monoisotopic (exact) mass is 286 g/mol. The number of hydrogen-bond donors (Lipinski definition) is 0. The van der Waals surface area contributed by atoms with E-state index in [9.17, 15) is 0 Å². The molecule has 0 spiro atoms. The summed E-state index contributed by atoms with van der Waals surface area (Å²) in [6.07, 6.45) is 4.32. The minimum Gasteiger partial charge on any atom is -0.549 e. The summed E-state index contributed by atoms with van der Waals surface area (Å²) < 4.78 is 6.10. The Hall–Kier alpha value is -0.0262. The average molecular weight is 287 g/mol. The summed E-state index contributed by atoms with van der Waals surface area (Å²) in [7, 11) is -2.61. The van der Waals surface area contributed by atoms with Gasteiger partial charge in [0.1, 0.15) is 0 Å². The molecule has 0 aromatic heterocycles. The van der Waals surface area contributed by atoms with Crippen molar-refractivity contribution in [1.29, 1.82) is 0 Å². The van der Waals surface area contributed by atoms with Gasteiger partial charge in [-0.15, -0.1) is 0 Å². The maximum Gasteiger partial charge on any atom is 0.249 e. The van der Waals surface area contributed by atoms with Crippen molar-refractivity contribution >= 4 is 16.4 Å². The molecule has 0 aliphatic heterocycles. The normalized spacial score (nSPS) is 14.2. The zero-order chi connectivity index (χ0) is 14.4. The second kappa shape index (κ2) is 6.94. The third-order valence-corrected chi connectivity index (χ3v) is 15.0. The van der Waals surface area contributed by atoms with Crippen LogP contribution < -0.4 is 0 Å². The molecular weight excluding hydrogens is 252 g/mol. The van der Waals surface area contributed by atoms with Gasteiger partial charge in [0.15, 0.2) is 0 Å². The highest BCUT2D eigenvalue weighted by atomic mass is 28.4. The molecule has 0 radical (unpaired) electrons. The topological polar surface area (TPSA) is 9.23 Å². The first-order valence-corrected chi connectivity index (χ1v) is 13.2. The molecule has 0 saturated heterocycles. The van der Waals surface area contributed by atoms with Crippen LogP contribution >= 0.6 is 0 Å². The SMILES string of the molecule is CC[Si](CC)(CC)C/C=C\O[Si](C)(C)C(C)(C)C. The zero-order valence-corrected chi connectivity index (χ0v) is 15.9. The average Bonchev–Trinajstić information content (AvgIpc) is 2.29. The van der Waals surface area contributed by atoms with E-state index in [2.05, 4.69) is 60.7 Å². The number of allylic oxidation sites excluding steroid dienone is 1. The molecule has 0 unspecified atom stereocenters. The molecule has 0 atom stereocenters. The van der Waals surface area contributed by atoms with Crippen LogP contribution in [0.1, 0.15) is 41.5 Å². The van der Waals surface area contributed by atoms with Crippen LogP contribution in [0, 0.1) is 0 Å². The van der Waals surface area contributed by atoms with Crippen molar-refractivity contribution in [3.63, 3.8) is 0 Å². The van der Waals surface area contributed by atoms with Crippen molar-refractivity contribution in [3.8, 4) is 0 Å². The van der Waals surface area contributed by atoms with Crippen molar-refractivity contribution in [2.75, 3.05) is 0 Å². The smallest absolute Gasteiger partial charge is 0.249 e. The van der Waals surface area contributed by atoms with E-state index in [0.29, 0.717) is 5.04 Å². The maximum absolute atomic E-state index is 6.10. The second-order valence-corrected chi connectivity index (χ2v) is 17.3. The third-order valence-electron chi connectivity index (χ3n) is 5.07. The predicted molar refractivity (Wildman–Crippen MR) is 89.4 cm³/mol. The molecular formula is C15H34OSi2. The molecule has 0 aromatic carbocycles. The van der Waals surface area contributed by atoms with Gasteiger partial charge in [-0.25, -0.2) is 0 Å². The Labute approximate surface area is 117 Å². The van der Waals surface area contributed by atoms with Crippen LogP contribution in [0.2, 0.25) is 42.3 Å². The van der Waals surface area contributed by atoms with Crippen molar-refractivity contribution < 1.29 is 4.43 Å². The quantitative estimate of drug-likeness (QED) is 0.410. The van der Waals surface area contributed by atoms with Gasteiger partial charge in [0.25, 0.3) is 0 Å². The van der Waals surface area contributed by atoms with E-state index < -0.39 is 16.4 Å². The van der Waals surface area contributed by atoms with Crippen molar-refractivity contribution in [2.24, 2.45) is 0 Å². The molecule has 18 heavy (non-hydrogen) atoms. The molecule has 0 saturated carbocycles. The molecule has 1 nitrogen and oxygen atoms in total. The highest BCUT2D eigenvalue weighted by molar-refractivity contribution is 6.80. The van der Waals surface area contributed by atoms with Gasteiger partial charge < -0.3 is 4.43 Å². The fourth-order valence-electron chi connectivity index (χ4n) is 1.88. The Kier molecular flexibility index (Phi) is 6.93. The minimum absolute atomic E-state index is 0.298. The van der Waals surface area contributed by atoms with E-state index >= 15 is 0 Å². The molecule has 0 aliphatic carbocycles. The van der Waals surface area contributed by atoms with E-state index in [1.54, 1.807) is 0 Å². The molecule has 0 aromatic rings. The van der Waals surface area contributed by atoms with Crippen molar-refractivity contribution in [2.45, 2.75) is 83.9 Å². The summed E-state index contributed by atoms with van der Waals surface area (Å²) in [5.41, 5.74) is 0. The van der Waals surface area contributed by atoms with Crippen LogP contribution in [-0.4, -0.2) is 16.4 Å². The first kappa shape index (κ1) is 18.0. The molecule has 0 N–H and O–H groups in total. The third kappa shape index (κ3) is 4.92. The zero-order valence-electron chi connectivity index (χ0n) is 13.9. The van der Waals surface area contributed by atoms with E-state index in [-0.39, 0.29) is 0 Å². The molecule has 0 bridgehead atoms. The largest absolute Gasteiger partial charge is 0.549 e. The maximum atomic E-state index is 6.10. The Balaban J connectivity index is 4.44. The lowest BCUT2D eigenvalue weighted by Gasteiger charge is -2.35. The highest BCUT2D eigenvalue weighted by Gasteiger charge is 2.38. The van der Waals surface area contributed by atoms with Crippen LogP contribution in [0.15, 0.2) is 12.3 Å². The van der Waals surface area contributed by atoms with Crippen molar-refractivity contribution in [1.82, 2.24) is 0 Å². The van der Waals surface area contributed by atoms with E-state index in [0.717, 1.165) is 0 Å². The first-order valence-electron chi connectivity index (χ1n) is 7.47. The van der Waals surface area contributed by atoms with Crippen LogP contribution in [-0.2, 0) is 4.43 Å². The second-order valence-electron chi connectivity index (χ2n) is 7.01. The Morgan fingerprint density at radius 3 is 1.72 bits per heavy atom. The number of rotatable bonds is 7. The van der Waals surface area contributed by atoms with Gasteiger partial charge in [0.05, 0.1) is 14.3 Å². The Morgan fingerprint density at radius 2 is 1.39 bits per heavy atom. The summed E-state index contributed by atoms with van der Waals surface area (Å²) in [5, 5.41) is 0.298. The Morgan fingerprint density at radius 1 is 0.944 bits per heavy atom. The van der Waals surface area contributed by atoms with Gasteiger partial charge in [-0.3, -0.25) is 0 Å². The van der Waals surface area contributed by atoms with Gasteiger partial charge in [-0.2, -0.15) is 0 Å². The van der Waals surface area contributed by atoms with Gasteiger partial charge >= 0.3 is 0 Å². The van der Waals surface area contributed by atoms with Crippen LogP contribution in [0.5, 0.6) is 0 Å². The van der Waals surface area contributed by atoms with E-state index in [1.165, 1.54) is 24.2 Å². The first-order chi connectivity index (χ1) is 8.14. The summed E-state index contributed by atoms with van der Waals surface area (Å²) >= 11 is 0. The van der Waals surface area contributed by atoms with Crippen LogP contribution in [0.3, 0.4) is 0 Å². The van der Waals surface area contributed by atoms with E-state index in [4.69, 9.17) is 4.43 Å². The molecule has 0 amide bonds. The lowest BCUT2D eigenvalue weighted by molar-refractivity contribution is 0.429. The van der Waals surface area contributed by atoms with Crippen LogP contribution in [0.25, 0.3) is 0 Å². The van der Waals surface area contributed by atoms with Gasteiger partial charge in [0, 0.05) is 0 Å². The fraction of sp³-hybridized carbons (Fsp3) is 0.867. The molecule has 0 heterocycles. The standard InChI is InChI=1S/C15H34OSi2/c1-9-18(10-2,11-3)14-12-13-16-17(7,8)15(4,5)6/h12-13H,9-11,14H2,1-8H3/b13-12-. The summed E-state index contributed by atoms with van der Waals surface area (Å²) in [5.74, 6) is 0. The lowest BCUT2D eigenvalue weighted by atomic mass is 10.2. The van der Waals surface area contributed by atoms with Gasteiger partial charge in [-0.1, -0.05) is 65.8 Å². The molecule has 0 rings (SSSR count). The summed E-state index contributed by atoms with van der Waals surface area (Å²) in [6, 6.07) is 5.46. The van der Waals surface area contributed by atoms with E-state index in [1.807, 2.05) is 6.26 Å². The van der Waals surface area contributed by atoms with Gasteiger partial charge in [-0.05, 0) is 24.2 Å². The Bertz CT molecular complexity index is 246. The highest BCUT2D eigenvalue weighted by Crippen LogP contribution is 2.36. The molecule has 0 aliphatic rings.